The number of alkyl carbamates (subject to hydrolysis) is 1. The Morgan fingerprint density at radius 1 is 1.00 bits per heavy atom. The van der Waals surface area contributed by atoms with Gasteiger partial charge < -0.3 is 45.4 Å². The van der Waals surface area contributed by atoms with Gasteiger partial charge in [-0.15, -0.1) is 0 Å². The highest BCUT2D eigenvalue weighted by atomic mass is 35.5. The lowest BCUT2D eigenvalue weighted by Gasteiger charge is -2.42. The van der Waals surface area contributed by atoms with Gasteiger partial charge in [0.25, 0.3) is 0 Å². The molecule has 50 heavy (non-hydrogen) atoms. The summed E-state index contributed by atoms with van der Waals surface area (Å²) in [6.07, 6.45) is 3.03. The number of hydrogen-bond acceptors (Lipinski definition) is 10. The summed E-state index contributed by atoms with van der Waals surface area (Å²) in [4.78, 5) is 56.5. The third-order valence-corrected chi connectivity index (χ3v) is 8.36. The number of nitrogens with two attached hydrogens (primary N) is 1. The highest BCUT2D eigenvalue weighted by Crippen LogP contribution is 2.31. The van der Waals surface area contributed by atoms with E-state index in [0.29, 0.717) is 43.3 Å². The average molecular weight is 715 g/mol. The molecule has 1 aliphatic heterocycles. The van der Waals surface area contributed by atoms with Gasteiger partial charge in [0.2, 0.25) is 5.91 Å². The molecule has 2 aromatic heterocycles. The van der Waals surface area contributed by atoms with Gasteiger partial charge in [0.05, 0.1) is 24.6 Å². The van der Waals surface area contributed by atoms with Gasteiger partial charge in [0, 0.05) is 43.9 Å². The van der Waals surface area contributed by atoms with Crippen molar-refractivity contribution in [1.82, 2.24) is 30.5 Å². The number of fused-ring (bicyclic) bond motifs is 1. The second kappa shape index (κ2) is 16.7. The molecular weight excluding hydrogens is 664 g/mol. The molecule has 3 heterocycles. The van der Waals surface area contributed by atoms with Gasteiger partial charge in [-0.05, 0) is 84.6 Å². The molecule has 3 amide bonds. The van der Waals surface area contributed by atoms with Gasteiger partial charge >= 0.3 is 12.2 Å². The molecule has 5 N–H and O–H groups in total. The van der Waals surface area contributed by atoms with Crippen molar-refractivity contribution in [2.75, 3.05) is 50.8 Å². The number of piperidine rings is 1. The van der Waals surface area contributed by atoms with Crippen LogP contribution in [0.3, 0.4) is 0 Å². The molecule has 1 aliphatic rings. The Kier molecular flexibility index (Phi) is 12.9. The molecule has 274 valence electrons. The quantitative estimate of drug-likeness (QED) is 0.178. The predicted octanol–water partition coefficient (Wildman–Crippen LogP) is 4.94. The van der Waals surface area contributed by atoms with Crippen molar-refractivity contribution in [3.05, 3.63) is 53.4 Å². The molecule has 0 bridgehead atoms. The van der Waals surface area contributed by atoms with Crippen LogP contribution in [0.4, 0.5) is 15.4 Å². The Hall–Kier alpha value is -4.14. The lowest BCUT2D eigenvalue weighted by molar-refractivity contribution is -0.129. The number of aromatic amines is 1. The Morgan fingerprint density at radius 2 is 1.68 bits per heavy atom. The maximum Gasteiger partial charge on any atom is 0.410 e. The summed E-state index contributed by atoms with van der Waals surface area (Å²) in [6, 6.07) is 8.54. The van der Waals surface area contributed by atoms with Crippen LogP contribution in [0.25, 0.3) is 11.0 Å². The van der Waals surface area contributed by atoms with Crippen molar-refractivity contribution in [3.8, 4) is 0 Å². The van der Waals surface area contributed by atoms with Crippen molar-refractivity contribution in [2.24, 2.45) is 5.73 Å². The van der Waals surface area contributed by atoms with E-state index in [2.05, 4.69) is 30.5 Å². The highest BCUT2D eigenvalue weighted by Gasteiger charge is 2.45. The third-order valence-electron chi connectivity index (χ3n) is 8.11. The zero-order chi connectivity index (χ0) is 36.5. The van der Waals surface area contributed by atoms with E-state index in [-0.39, 0.29) is 38.4 Å². The van der Waals surface area contributed by atoms with Gasteiger partial charge in [0.15, 0.2) is 0 Å². The summed E-state index contributed by atoms with van der Waals surface area (Å²) >= 11 is 6.23. The first-order valence-electron chi connectivity index (χ1n) is 17.0. The summed E-state index contributed by atoms with van der Waals surface area (Å²) in [5.41, 5.74) is 4.30. The second-order valence-corrected chi connectivity index (χ2v) is 14.8. The average Bonchev–Trinajstić information content (AvgIpc) is 3.52. The van der Waals surface area contributed by atoms with E-state index in [1.54, 1.807) is 58.6 Å². The molecule has 0 radical (unpaired) electrons. The minimum absolute atomic E-state index is 0.245. The molecular formula is C35H51ClN8O6. The number of benzene rings is 1. The molecule has 0 aliphatic carbocycles. The minimum Gasteiger partial charge on any atom is -0.444 e. The largest absolute Gasteiger partial charge is 0.444 e. The smallest absolute Gasteiger partial charge is 0.410 e. The SMILES string of the molecule is CC(C)(C)OC(=O)NC1(C(=O)N[C@@H](CCN(CCOCCN)C(=O)OC(C)(C)C)c2ccc(Cl)cc2)CCN(c2ncnc3[nH]ccc23)CC1. The lowest BCUT2D eigenvalue weighted by atomic mass is 9.85. The molecule has 1 aromatic carbocycles. The van der Waals surface area contributed by atoms with Crippen LogP contribution >= 0.6 is 11.6 Å². The number of halogens is 1. The molecule has 1 fully saturated rings. The molecule has 0 spiro atoms. The predicted molar refractivity (Wildman–Crippen MR) is 192 cm³/mol. The van der Waals surface area contributed by atoms with E-state index in [1.165, 1.54) is 6.33 Å². The van der Waals surface area contributed by atoms with E-state index >= 15 is 0 Å². The Morgan fingerprint density at radius 3 is 2.32 bits per heavy atom. The molecule has 3 aromatic rings. The van der Waals surface area contributed by atoms with E-state index in [0.717, 1.165) is 16.8 Å². The fourth-order valence-corrected chi connectivity index (χ4v) is 5.82. The van der Waals surface area contributed by atoms with Gasteiger partial charge in [0.1, 0.15) is 34.5 Å². The first-order valence-corrected chi connectivity index (χ1v) is 17.3. The number of nitrogens with zero attached hydrogens (tertiary/aromatic N) is 4. The normalized spacial score (nSPS) is 15.3. The zero-order valence-electron chi connectivity index (χ0n) is 29.9. The van der Waals surface area contributed by atoms with Crippen molar-refractivity contribution in [2.45, 2.75) is 83.6 Å². The summed E-state index contributed by atoms with van der Waals surface area (Å²) in [5.74, 6) is 0.381. The number of carbonyl (C=O) groups is 3. The molecule has 1 saturated heterocycles. The second-order valence-electron chi connectivity index (χ2n) is 14.4. The number of hydrogen-bond donors (Lipinski definition) is 4. The molecule has 1 atom stereocenters. The number of ether oxygens (including phenoxy) is 3. The van der Waals surface area contributed by atoms with E-state index < -0.39 is 35.0 Å². The van der Waals surface area contributed by atoms with Crippen LogP contribution in [0.5, 0.6) is 0 Å². The fraction of sp³-hybridized carbons (Fsp3) is 0.571. The summed E-state index contributed by atoms with van der Waals surface area (Å²) in [6.45, 7) is 13.1. The van der Waals surface area contributed by atoms with Gasteiger partial charge in [-0.1, -0.05) is 23.7 Å². The van der Waals surface area contributed by atoms with Crippen molar-refractivity contribution >= 4 is 46.5 Å². The van der Waals surface area contributed by atoms with Gasteiger partial charge in [-0.25, -0.2) is 19.6 Å². The van der Waals surface area contributed by atoms with Crippen LogP contribution in [-0.2, 0) is 19.0 Å². The number of nitrogens with one attached hydrogen (secondary N) is 3. The van der Waals surface area contributed by atoms with Crippen LogP contribution in [-0.4, -0.2) is 101 Å². The van der Waals surface area contributed by atoms with Crippen LogP contribution in [0.2, 0.25) is 5.02 Å². The van der Waals surface area contributed by atoms with Crippen molar-refractivity contribution in [3.63, 3.8) is 0 Å². The highest BCUT2D eigenvalue weighted by molar-refractivity contribution is 6.30. The molecule has 15 heteroatoms. The van der Waals surface area contributed by atoms with Crippen LogP contribution < -0.4 is 21.3 Å². The number of amides is 3. The van der Waals surface area contributed by atoms with Crippen LogP contribution in [0.15, 0.2) is 42.9 Å². The first kappa shape index (κ1) is 38.7. The number of aromatic nitrogens is 3. The summed E-state index contributed by atoms with van der Waals surface area (Å²) in [7, 11) is 0. The number of carbonyl (C=O) groups excluding carboxylic acids is 3. The maximum absolute atomic E-state index is 14.5. The number of anilines is 1. The van der Waals surface area contributed by atoms with Gasteiger partial charge in [-0.3, -0.25) is 4.79 Å². The lowest BCUT2D eigenvalue weighted by Crippen LogP contribution is -2.64. The van der Waals surface area contributed by atoms with E-state index in [4.69, 9.17) is 31.5 Å². The Bertz CT molecular complexity index is 1580. The molecule has 4 rings (SSSR count). The van der Waals surface area contributed by atoms with E-state index in [1.807, 2.05) is 24.4 Å². The Labute approximate surface area is 298 Å². The van der Waals surface area contributed by atoms with Crippen LogP contribution in [0, 0.1) is 0 Å². The van der Waals surface area contributed by atoms with E-state index in [9.17, 15) is 14.4 Å². The van der Waals surface area contributed by atoms with Crippen LogP contribution in [0.1, 0.15) is 72.4 Å². The molecule has 0 saturated carbocycles. The minimum atomic E-state index is -1.30. The maximum atomic E-state index is 14.5. The summed E-state index contributed by atoms with van der Waals surface area (Å²) < 4.78 is 16.9. The monoisotopic (exact) mass is 714 g/mol. The Balaban J connectivity index is 1.58. The zero-order valence-corrected chi connectivity index (χ0v) is 30.6. The standard InChI is InChI=1S/C35H51ClN8O6/c1-33(2,3)49-31(46)42-35(13-18-43(19-14-35)29-26-11-16-38-28(26)39-23-40-29)30(45)41-27(24-7-9-25(36)10-8-24)12-17-44(20-22-48-21-15-37)32(47)50-34(4,5)6/h7-11,16,23,27H,12-15,17-22,37H2,1-6H3,(H,41,45)(H,42,46)(H,38,39,40)/t27-/m0/s1. The summed E-state index contributed by atoms with van der Waals surface area (Å²) in [5, 5.41) is 7.55. The first-order chi connectivity index (χ1) is 23.6. The topological polar surface area (TPSA) is 177 Å². The fourth-order valence-electron chi connectivity index (χ4n) is 5.70. The van der Waals surface area contributed by atoms with Crippen molar-refractivity contribution in [1.29, 1.82) is 0 Å². The molecule has 14 nitrogen and oxygen atoms in total. The number of rotatable bonds is 13. The molecule has 0 unspecified atom stereocenters. The van der Waals surface area contributed by atoms with Crippen molar-refractivity contribution < 1.29 is 28.6 Å². The third kappa shape index (κ3) is 10.9. The number of H-pyrrole nitrogens is 1. The van der Waals surface area contributed by atoms with Gasteiger partial charge in [-0.2, -0.15) is 0 Å².